The number of halogens is 1. The molecular formula is C15H16ClN3O. The first-order valence-electron chi connectivity index (χ1n) is 6.16. The second kappa shape index (κ2) is 5.51. The lowest BCUT2D eigenvalue weighted by molar-refractivity contribution is 0.0993. The molecule has 0 fully saturated rings. The number of pyridine rings is 1. The lowest BCUT2D eigenvalue weighted by atomic mass is 10.1. The van der Waals surface area contributed by atoms with Gasteiger partial charge in [0.1, 0.15) is 5.15 Å². The molecule has 0 aliphatic carbocycles. The van der Waals surface area contributed by atoms with E-state index in [1.807, 2.05) is 32.0 Å². The Hall–Kier alpha value is -2.07. The second-order valence-corrected chi connectivity index (χ2v) is 5.14. The molecule has 5 heteroatoms. The average Bonchev–Trinajstić information content (AvgIpc) is 2.40. The highest BCUT2D eigenvalue weighted by Crippen LogP contribution is 2.24. The molecule has 1 aromatic carbocycles. The van der Waals surface area contributed by atoms with Crippen molar-refractivity contribution in [3.63, 3.8) is 0 Å². The van der Waals surface area contributed by atoms with Crippen molar-refractivity contribution >= 4 is 28.9 Å². The third kappa shape index (κ3) is 2.75. The first-order valence-corrected chi connectivity index (χ1v) is 6.54. The van der Waals surface area contributed by atoms with E-state index in [-0.39, 0.29) is 11.1 Å². The summed E-state index contributed by atoms with van der Waals surface area (Å²) in [5, 5.41) is 0.247. The van der Waals surface area contributed by atoms with Gasteiger partial charge < -0.3 is 10.6 Å². The van der Waals surface area contributed by atoms with Gasteiger partial charge in [0.2, 0.25) is 0 Å². The largest absolute Gasteiger partial charge is 0.397 e. The van der Waals surface area contributed by atoms with E-state index >= 15 is 0 Å². The molecule has 0 bridgehead atoms. The third-order valence-corrected chi connectivity index (χ3v) is 3.36. The standard InChI is InChI=1S/C15H16ClN3O/c1-9-4-5-13(10(2)6-9)19(3)15(20)11-7-14(16)18-8-12(11)17/h4-8H,17H2,1-3H3. The summed E-state index contributed by atoms with van der Waals surface area (Å²) in [6.45, 7) is 3.98. The van der Waals surface area contributed by atoms with Crippen molar-refractivity contribution in [2.45, 2.75) is 13.8 Å². The zero-order valence-corrected chi connectivity index (χ0v) is 12.4. The number of benzene rings is 1. The summed E-state index contributed by atoms with van der Waals surface area (Å²) < 4.78 is 0. The van der Waals surface area contributed by atoms with Crippen LogP contribution in [-0.4, -0.2) is 17.9 Å². The predicted octanol–water partition coefficient (Wildman–Crippen LogP) is 3.21. The van der Waals surface area contributed by atoms with Gasteiger partial charge in [-0.05, 0) is 31.5 Å². The van der Waals surface area contributed by atoms with Crippen molar-refractivity contribution in [3.05, 3.63) is 52.3 Å². The van der Waals surface area contributed by atoms with E-state index in [1.54, 1.807) is 11.9 Å². The fraction of sp³-hybridized carbons (Fsp3) is 0.200. The number of hydrogen-bond acceptors (Lipinski definition) is 3. The molecule has 0 radical (unpaired) electrons. The van der Waals surface area contributed by atoms with Crippen molar-refractivity contribution in [3.8, 4) is 0 Å². The summed E-state index contributed by atoms with van der Waals surface area (Å²) in [7, 11) is 1.72. The summed E-state index contributed by atoms with van der Waals surface area (Å²) in [5.41, 5.74) is 9.49. The molecule has 0 spiro atoms. The van der Waals surface area contributed by atoms with E-state index in [9.17, 15) is 4.79 Å². The van der Waals surface area contributed by atoms with Gasteiger partial charge in [-0.2, -0.15) is 0 Å². The van der Waals surface area contributed by atoms with Crippen LogP contribution in [0, 0.1) is 13.8 Å². The normalized spacial score (nSPS) is 10.4. The molecule has 0 unspecified atom stereocenters. The zero-order valence-electron chi connectivity index (χ0n) is 11.6. The lowest BCUT2D eigenvalue weighted by Gasteiger charge is -2.20. The van der Waals surface area contributed by atoms with Crippen LogP contribution in [0.2, 0.25) is 5.15 Å². The molecule has 2 N–H and O–H groups in total. The van der Waals surface area contributed by atoms with Crippen molar-refractivity contribution in [2.75, 3.05) is 17.7 Å². The highest BCUT2D eigenvalue weighted by molar-refractivity contribution is 6.30. The molecule has 2 aromatic rings. The minimum absolute atomic E-state index is 0.209. The number of carbonyl (C=O) groups is 1. The van der Waals surface area contributed by atoms with Crippen LogP contribution >= 0.6 is 11.6 Å². The average molecular weight is 290 g/mol. The molecule has 1 heterocycles. The number of anilines is 2. The number of hydrogen-bond donors (Lipinski definition) is 1. The van der Waals surface area contributed by atoms with Crippen LogP contribution in [0.1, 0.15) is 21.5 Å². The zero-order chi connectivity index (χ0) is 14.9. The molecule has 0 aliphatic heterocycles. The summed E-state index contributed by atoms with van der Waals surface area (Å²) in [6, 6.07) is 7.40. The van der Waals surface area contributed by atoms with Crippen LogP contribution in [-0.2, 0) is 0 Å². The minimum atomic E-state index is -0.209. The van der Waals surface area contributed by atoms with E-state index in [2.05, 4.69) is 4.98 Å². The quantitative estimate of drug-likeness (QED) is 0.864. The number of nitrogen functional groups attached to an aromatic ring is 1. The number of aromatic nitrogens is 1. The Morgan fingerprint density at radius 1 is 1.30 bits per heavy atom. The van der Waals surface area contributed by atoms with E-state index in [4.69, 9.17) is 17.3 Å². The van der Waals surface area contributed by atoms with Gasteiger partial charge in [-0.15, -0.1) is 0 Å². The lowest BCUT2D eigenvalue weighted by Crippen LogP contribution is -2.27. The van der Waals surface area contributed by atoms with Crippen molar-refractivity contribution in [1.29, 1.82) is 0 Å². The van der Waals surface area contributed by atoms with Crippen molar-refractivity contribution < 1.29 is 4.79 Å². The van der Waals surface area contributed by atoms with Crippen LogP contribution in [0.4, 0.5) is 11.4 Å². The fourth-order valence-electron chi connectivity index (χ4n) is 2.10. The Morgan fingerprint density at radius 3 is 2.65 bits per heavy atom. The van der Waals surface area contributed by atoms with Gasteiger partial charge in [0, 0.05) is 12.7 Å². The van der Waals surface area contributed by atoms with Crippen LogP contribution < -0.4 is 10.6 Å². The molecule has 0 aliphatic rings. The monoisotopic (exact) mass is 289 g/mol. The molecule has 1 aromatic heterocycles. The SMILES string of the molecule is Cc1ccc(N(C)C(=O)c2cc(Cl)ncc2N)c(C)c1. The highest BCUT2D eigenvalue weighted by atomic mass is 35.5. The topological polar surface area (TPSA) is 59.2 Å². The van der Waals surface area contributed by atoms with E-state index in [0.717, 1.165) is 16.8 Å². The molecular weight excluding hydrogens is 274 g/mol. The summed E-state index contributed by atoms with van der Waals surface area (Å²) in [6.07, 6.45) is 1.39. The maximum absolute atomic E-state index is 12.5. The minimum Gasteiger partial charge on any atom is -0.397 e. The maximum atomic E-state index is 12.5. The number of aryl methyl sites for hydroxylation is 2. The van der Waals surface area contributed by atoms with Gasteiger partial charge in [-0.1, -0.05) is 29.3 Å². The highest BCUT2D eigenvalue weighted by Gasteiger charge is 2.18. The number of carbonyl (C=O) groups excluding carboxylic acids is 1. The molecule has 0 saturated carbocycles. The number of amides is 1. The summed E-state index contributed by atoms with van der Waals surface area (Å²) in [5.74, 6) is -0.209. The van der Waals surface area contributed by atoms with Crippen molar-refractivity contribution in [2.24, 2.45) is 0 Å². The fourth-order valence-corrected chi connectivity index (χ4v) is 2.26. The van der Waals surface area contributed by atoms with Gasteiger partial charge in [-0.3, -0.25) is 4.79 Å². The molecule has 1 amide bonds. The van der Waals surface area contributed by atoms with E-state index < -0.39 is 0 Å². The number of nitrogens with two attached hydrogens (primary N) is 1. The second-order valence-electron chi connectivity index (χ2n) is 4.75. The Bertz CT molecular complexity index is 670. The molecule has 104 valence electrons. The molecule has 4 nitrogen and oxygen atoms in total. The van der Waals surface area contributed by atoms with Crippen molar-refractivity contribution in [1.82, 2.24) is 4.98 Å². The number of nitrogens with zero attached hydrogens (tertiary/aromatic N) is 2. The van der Waals surface area contributed by atoms with Crippen LogP contribution in [0.3, 0.4) is 0 Å². The van der Waals surface area contributed by atoms with Crippen LogP contribution in [0.15, 0.2) is 30.5 Å². The van der Waals surface area contributed by atoms with E-state index in [1.165, 1.54) is 12.3 Å². The molecule has 2 rings (SSSR count). The first-order chi connectivity index (χ1) is 9.40. The van der Waals surface area contributed by atoms with Crippen LogP contribution in [0.25, 0.3) is 0 Å². The Kier molecular flexibility index (Phi) is 3.95. The van der Waals surface area contributed by atoms with E-state index in [0.29, 0.717) is 11.3 Å². The van der Waals surface area contributed by atoms with Gasteiger partial charge in [-0.25, -0.2) is 4.98 Å². The Morgan fingerprint density at radius 2 is 2.00 bits per heavy atom. The van der Waals surface area contributed by atoms with Gasteiger partial charge >= 0.3 is 0 Å². The van der Waals surface area contributed by atoms with Gasteiger partial charge in [0.15, 0.2) is 0 Å². The summed E-state index contributed by atoms with van der Waals surface area (Å²) >= 11 is 5.83. The van der Waals surface area contributed by atoms with Crippen LogP contribution in [0.5, 0.6) is 0 Å². The number of rotatable bonds is 2. The molecule has 20 heavy (non-hydrogen) atoms. The molecule has 0 atom stereocenters. The summed E-state index contributed by atoms with van der Waals surface area (Å²) in [4.78, 5) is 17.9. The predicted molar refractivity (Wildman–Crippen MR) is 82.3 cm³/mol. The third-order valence-electron chi connectivity index (χ3n) is 3.15. The first kappa shape index (κ1) is 14.3. The molecule has 0 saturated heterocycles. The van der Waals surface area contributed by atoms with Gasteiger partial charge in [0.25, 0.3) is 5.91 Å². The van der Waals surface area contributed by atoms with Gasteiger partial charge in [0.05, 0.1) is 17.4 Å². The Labute approximate surface area is 123 Å². The maximum Gasteiger partial charge on any atom is 0.260 e. The Balaban J connectivity index is 2.40. The smallest absolute Gasteiger partial charge is 0.260 e.